The summed E-state index contributed by atoms with van der Waals surface area (Å²) < 4.78 is 0. The molecule has 0 radical (unpaired) electrons. The molecule has 1 aromatic heterocycles. The van der Waals surface area contributed by atoms with Crippen LogP contribution in [0.4, 0.5) is 17.1 Å². The number of fused-ring (bicyclic) bond motifs is 3. The number of pyridine rings is 1. The summed E-state index contributed by atoms with van der Waals surface area (Å²) in [5.41, 5.74) is 13.8. The first-order valence-electron chi connectivity index (χ1n) is 17.4. The number of aromatic nitrogens is 1. The Kier molecular flexibility index (Phi) is 7.88. The van der Waals surface area contributed by atoms with E-state index in [-0.39, 0.29) is 0 Å². The molecule has 0 atom stereocenters. The molecule has 240 valence electrons. The molecular weight excluding hydrogens is 617 g/mol. The molecule has 9 rings (SSSR count). The van der Waals surface area contributed by atoms with Gasteiger partial charge in [0.15, 0.2) is 0 Å². The number of benzene rings is 8. The van der Waals surface area contributed by atoms with Crippen molar-refractivity contribution in [3.8, 4) is 44.5 Å². The van der Waals surface area contributed by atoms with E-state index < -0.39 is 0 Å². The van der Waals surface area contributed by atoms with Crippen molar-refractivity contribution in [2.75, 3.05) is 4.90 Å². The summed E-state index contributed by atoms with van der Waals surface area (Å²) in [5.74, 6) is 0. The van der Waals surface area contributed by atoms with E-state index in [9.17, 15) is 0 Å². The quantitative estimate of drug-likeness (QED) is 0.160. The van der Waals surface area contributed by atoms with Gasteiger partial charge >= 0.3 is 0 Å². The molecule has 9 aromatic rings. The number of hydrogen-bond donors (Lipinski definition) is 0. The lowest BCUT2D eigenvalue weighted by atomic mass is 9.93. The average Bonchev–Trinajstić information content (AvgIpc) is 3.22. The number of rotatable bonds is 7. The van der Waals surface area contributed by atoms with Crippen LogP contribution in [0.1, 0.15) is 0 Å². The standard InChI is InChI=1S/C49H34N2/c1-4-12-35(13-5-1)38-23-27-45(28-24-38)51(47-20-10-18-40-21-22-41-19-11-31-50-49(41)48(40)47)46-29-25-39(26-30-46)44-33-42(36-14-6-2-7-15-36)32-43(34-44)37-16-8-3-9-17-37/h1-34H. The summed E-state index contributed by atoms with van der Waals surface area (Å²) in [6.45, 7) is 0. The molecule has 1 heterocycles. The van der Waals surface area contributed by atoms with Crippen LogP contribution in [0.5, 0.6) is 0 Å². The van der Waals surface area contributed by atoms with Gasteiger partial charge in [-0.25, -0.2) is 0 Å². The first-order chi connectivity index (χ1) is 25.3. The zero-order valence-corrected chi connectivity index (χ0v) is 28.0. The fourth-order valence-corrected chi connectivity index (χ4v) is 7.13. The normalized spacial score (nSPS) is 11.1. The third-order valence-electron chi connectivity index (χ3n) is 9.67. The van der Waals surface area contributed by atoms with Crippen molar-refractivity contribution in [2.45, 2.75) is 0 Å². The molecule has 2 nitrogen and oxygen atoms in total. The molecule has 0 fully saturated rings. The van der Waals surface area contributed by atoms with Crippen molar-refractivity contribution in [2.24, 2.45) is 0 Å². The van der Waals surface area contributed by atoms with Gasteiger partial charge in [0.05, 0.1) is 11.2 Å². The lowest BCUT2D eigenvalue weighted by Gasteiger charge is -2.27. The van der Waals surface area contributed by atoms with E-state index in [2.05, 4.69) is 199 Å². The van der Waals surface area contributed by atoms with Crippen LogP contribution in [-0.2, 0) is 0 Å². The lowest BCUT2D eigenvalue weighted by molar-refractivity contribution is 1.30. The highest BCUT2D eigenvalue weighted by Gasteiger charge is 2.18. The summed E-state index contributed by atoms with van der Waals surface area (Å²) in [6, 6.07) is 71.6. The molecule has 0 saturated heterocycles. The number of hydrogen-bond acceptors (Lipinski definition) is 2. The number of anilines is 3. The monoisotopic (exact) mass is 650 g/mol. The Morgan fingerprint density at radius 1 is 0.314 bits per heavy atom. The van der Waals surface area contributed by atoms with Crippen LogP contribution < -0.4 is 4.90 Å². The van der Waals surface area contributed by atoms with Gasteiger partial charge in [-0.2, -0.15) is 0 Å². The molecule has 8 aromatic carbocycles. The van der Waals surface area contributed by atoms with Crippen molar-refractivity contribution in [1.29, 1.82) is 0 Å². The third-order valence-corrected chi connectivity index (χ3v) is 9.67. The fraction of sp³-hybridized carbons (Fsp3) is 0. The van der Waals surface area contributed by atoms with Crippen molar-refractivity contribution < 1.29 is 0 Å². The second kappa shape index (κ2) is 13.3. The summed E-state index contributed by atoms with van der Waals surface area (Å²) in [4.78, 5) is 7.25. The van der Waals surface area contributed by atoms with E-state index in [1.165, 1.54) is 38.9 Å². The third kappa shape index (κ3) is 5.94. The summed E-state index contributed by atoms with van der Waals surface area (Å²) >= 11 is 0. The van der Waals surface area contributed by atoms with E-state index >= 15 is 0 Å². The Hall–Kier alpha value is -6.77. The SMILES string of the molecule is c1ccc(-c2ccc(N(c3ccc(-c4cc(-c5ccccc5)cc(-c5ccccc5)c4)cc3)c3cccc4ccc5cccnc5c34)cc2)cc1. The van der Waals surface area contributed by atoms with Crippen LogP contribution in [-0.4, -0.2) is 4.98 Å². The molecule has 0 N–H and O–H groups in total. The van der Waals surface area contributed by atoms with Gasteiger partial charge < -0.3 is 4.90 Å². The Labute approximate surface area is 298 Å². The van der Waals surface area contributed by atoms with Gasteiger partial charge in [-0.1, -0.05) is 146 Å². The Bertz CT molecular complexity index is 2540. The first kappa shape index (κ1) is 30.3. The highest BCUT2D eigenvalue weighted by atomic mass is 15.1. The van der Waals surface area contributed by atoms with Crippen LogP contribution in [0.3, 0.4) is 0 Å². The molecule has 0 aliphatic carbocycles. The van der Waals surface area contributed by atoms with Crippen molar-refractivity contribution in [3.05, 3.63) is 206 Å². The van der Waals surface area contributed by atoms with Crippen LogP contribution >= 0.6 is 0 Å². The van der Waals surface area contributed by atoms with Gasteiger partial charge in [-0.05, 0) is 104 Å². The zero-order valence-electron chi connectivity index (χ0n) is 28.0. The molecule has 0 aliphatic heterocycles. The smallest absolute Gasteiger partial charge is 0.0801 e. The first-order valence-corrected chi connectivity index (χ1v) is 17.4. The van der Waals surface area contributed by atoms with E-state index in [0.717, 1.165) is 44.3 Å². The van der Waals surface area contributed by atoms with E-state index in [1.54, 1.807) is 0 Å². The maximum absolute atomic E-state index is 4.89. The predicted octanol–water partition coefficient (Wildman–Crippen LogP) is 13.5. The van der Waals surface area contributed by atoms with Gasteiger partial charge in [0.2, 0.25) is 0 Å². The molecule has 0 aliphatic rings. The minimum Gasteiger partial charge on any atom is -0.310 e. The molecule has 0 amide bonds. The summed E-state index contributed by atoms with van der Waals surface area (Å²) in [6.07, 6.45) is 1.89. The maximum Gasteiger partial charge on any atom is 0.0801 e. The maximum atomic E-state index is 4.89. The molecule has 0 saturated carbocycles. The van der Waals surface area contributed by atoms with Crippen LogP contribution in [0.25, 0.3) is 66.2 Å². The van der Waals surface area contributed by atoms with Crippen molar-refractivity contribution >= 4 is 38.7 Å². The van der Waals surface area contributed by atoms with Crippen molar-refractivity contribution in [1.82, 2.24) is 4.98 Å². The van der Waals surface area contributed by atoms with Crippen LogP contribution in [0.2, 0.25) is 0 Å². The van der Waals surface area contributed by atoms with Gasteiger partial charge in [0.1, 0.15) is 0 Å². The van der Waals surface area contributed by atoms with Crippen molar-refractivity contribution in [3.63, 3.8) is 0 Å². The highest BCUT2D eigenvalue weighted by molar-refractivity contribution is 6.13. The minimum absolute atomic E-state index is 0.999. The number of nitrogens with zero attached hydrogens (tertiary/aromatic N) is 2. The second-order valence-corrected chi connectivity index (χ2v) is 12.8. The van der Waals surface area contributed by atoms with Gasteiger partial charge in [0, 0.05) is 28.3 Å². The average molecular weight is 651 g/mol. The van der Waals surface area contributed by atoms with E-state index in [0.29, 0.717) is 0 Å². The molecule has 0 spiro atoms. The fourth-order valence-electron chi connectivity index (χ4n) is 7.13. The van der Waals surface area contributed by atoms with Gasteiger partial charge in [-0.3, -0.25) is 4.98 Å². The molecule has 0 unspecified atom stereocenters. The van der Waals surface area contributed by atoms with Gasteiger partial charge in [-0.15, -0.1) is 0 Å². The Morgan fingerprint density at radius 3 is 1.27 bits per heavy atom. The van der Waals surface area contributed by atoms with Gasteiger partial charge in [0.25, 0.3) is 0 Å². The zero-order chi connectivity index (χ0) is 34.0. The molecule has 0 bridgehead atoms. The van der Waals surface area contributed by atoms with Crippen LogP contribution in [0.15, 0.2) is 206 Å². The minimum atomic E-state index is 0.999. The second-order valence-electron chi connectivity index (χ2n) is 12.8. The highest BCUT2D eigenvalue weighted by Crippen LogP contribution is 2.42. The molecule has 51 heavy (non-hydrogen) atoms. The summed E-state index contributed by atoms with van der Waals surface area (Å²) in [5, 5.41) is 3.42. The Balaban J connectivity index is 1.19. The molecular formula is C49H34N2. The van der Waals surface area contributed by atoms with E-state index in [1.807, 2.05) is 12.3 Å². The topological polar surface area (TPSA) is 16.1 Å². The summed E-state index contributed by atoms with van der Waals surface area (Å²) in [7, 11) is 0. The molecule has 2 heteroatoms. The largest absolute Gasteiger partial charge is 0.310 e. The van der Waals surface area contributed by atoms with E-state index in [4.69, 9.17) is 4.98 Å². The van der Waals surface area contributed by atoms with Crippen LogP contribution in [0, 0.1) is 0 Å². The Morgan fingerprint density at radius 2 is 0.745 bits per heavy atom. The lowest BCUT2D eigenvalue weighted by Crippen LogP contribution is -2.10. The predicted molar refractivity (Wildman–Crippen MR) is 216 cm³/mol.